The summed E-state index contributed by atoms with van der Waals surface area (Å²) < 4.78 is 6.73. The summed E-state index contributed by atoms with van der Waals surface area (Å²) in [5.41, 5.74) is 13.2. The van der Waals surface area contributed by atoms with Crippen LogP contribution in [-0.4, -0.2) is 24.9 Å². The van der Waals surface area contributed by atoms with Crippen LogP contribution < -0.4 is 4.74 Å². The molecule has 0 amide bonds. The predicted molar refractivity (Wildman–Crippen MR) is 245 cm³/mol. The summed E-state index contributed by atoms with van der Waals surface area (Å²) in [5, 5.41) is 0. The predicted octanol–water partition coefficient (Wildman–Crippen LogP) is 13.1. The van der Waals surface area contributed by atoms with E-state index in [-0.39, 0.29) is 0 Å². The maximum Gasteiger partial charge on any atom is 0.164 e. The summed E-state index contributed by atoms with van der Waals surface area (Å²) in [6.07, 6.45) is 0. The zero-order valence-electron chi connectivity index (χ0n) is 33.4. The van der Waals surface area contributed by atoms with Gasteiger partial charge in [-0.3, -0.25) is 0 Å². The van der Waals surface area contributed by atoms with E-state index in [1.807, 2.05) is 109 Å². The Morgan fingerprint density at radius 1 is 0.290 bits per heavy atom. The Kier molecular flexibility index (Phi) is 8.28. The van der Waals surface area contributed by atoms with Gasteiger partial charge >= 0.3 is 0 Å². The molecule has 1 aliphatic heterocycles. The molecule has 12 rings (SSSR count). The number of rotatable bonds is 6. The van der Waals surface area contributed by atoms with Crippen LogP contribution in [0, 0.1) is 0 Å². The molecule has 0 saturated carbocycles. The highest BCUT2D eigenvalue weighted by molar-refractivity contribution is 5.96. The fourth-order valence-electron chi connectivity index (χ4n) is 9.29. The summed E-state index contributed by atoms with van der Waals surface area (Å²) in [6.45, 7) is 0. The van der Waals surface area contributed by atoms with E-state index in [9.17, 15) is 0 Å². The van der Waals surface area contributed by atoms with Crippen LogP contribution in [-0.2, 0) is 5.41 Å². The van der Waals surface area contributed by atoms with Gasteiger partial charge in [0.1, 0.15) is 11.5 Å². The normalized spacial score (nSPS) is 12.8. The second-order valence-electron chi connectivity index (χ2n) is 15.6. The van der Waals surface area contributed by atoms with Crippen molar-refractivity contribution in [3.8, 4) is 90.7 Å². The number of benzene rings is 8. The first-order valence-electron chi connectivity index (χ1n) is 20.8. The number of aromatic nitrogens is 5. The van der Waals surface area contributed by atoms with E-state index in [0.29, 0.717) is 23.3 Å². The fourth-order valence-corrected chi connectivity index (χ4v) is 9.29. The number of hydrogen-bond acceptors (Lipinski definition) is 6. The van der Waals surface area contributed by atoms with Gasteiger partial charge in [0.15, 0.2) is 23.3 Å². The van der Waals surface area contributed by atoms with Crippen LogP contribution in [0.4, 0.5) is 0 Å². The van der Waals surface area contributed by atoms with Crippen molar-refractivity contribution in [1.82, 2.24) is 24.9 Å². The topological polar surface area (TPSA) is 73.7 Å². The molecule has 10 aromatic rings. The minimum absolute atomic E-state index is 0.599. The van der Waals surface area contributed by atoms with Crippen molar-refractivity contribution in [2.75, 3.05) is 0 Å². The second-order valence-corrected chi connectivity index (χ2v) is 15.6. The van der Waals surface area contributed by atoms with Crippen LogP contribution in [0.1, 0.15) is 22.3 Å². The van der Waals surface area contributed by atoms with Crippen LogP contribution in [0.15, 0.2) is 212 Å². The smallest absolute Gasteiger partial charge is 0.164 e. The van der Waals surface area contributed by atoms with Gasteiger partial charge in [-0.05, 0) is 46.5 Å². The number of ether oxygens (including phenoxy) is 1. The lowest BCUT2D eigenvalue weighted by Gasteiger charge is -2.39. The molecule has 8 aromatic carbocycles. The Hall–Kier alpha value is -8.35. The maximum atomic E-state index is 6.73. The van der Waals surface area contributed by atoms with Crippen LogP contribution in [0.5, 0.6) is 11.5 Å². The Balaban J connectivity index is 1.15. The van der Waals surface area contributed by atoms with Gasteiger partial charge in [-0.25, -0.2) is 24.9 Å². The molecule has 0 atom stereocenters. The number of fused-ring (bicyclic) bond motifs is 9. The van der Waals surface area contributed by atoms with Gasteiger partial charge in [-0.1, -0.05) is 188 Å². The molecule has 0 radical (unpaired) electrons. The Labute approximate surface area is 359 Å². The monoisotopic (exact) mass is 793 g/mol. The molecule has 0 N–H and O–H groups in total. The standard InChI is InChI=1S/C56H35N5O/c1-5-18-36(19-6-1)47-35-48(37-20-7-2-8-21-37)58-54(57-47)40-32-33-41-46(34-40)56(43-27-13-15-30-49(43)62-50-31-16-14-28-44(50)56)45-29-17-26-42(51(41)45)55-60-52(38-22-9-3-10-23-38)59-53(61-55)39-24-11-4-12-25-39/h1-35H. The largest absolute Gasteiger partial charge is 0.457 e. The van der Waals surface area contributed by atoms with E-state index in [2.05, 4.69) is 103 Å². The first-order chi connectivity index (χ1) is 30.7. The second kappa shape index (κ2) is 14.4. The van der Waals surface area contributed by atoms with Crippen molar-refractivity contribution in [2.24, 2.45) is 0 Å². The molecular weight excluding hydrogens is 759 g/mol. The van der Waals surface area contributed by atoms with Gasteiger partial charge in [-0.15, -0.1) is 0 Å². The van der Waals surface area contributed by atoms with E-state index in [4.69, 9.17) is 29.7 Å². The van der Waals surface area contributed by atoms with Crippen molar-refractivity contribution >= 4 is 0 Å². The highest BCUT2D eigenvalue weighted by Crippen LogP contribution is 2.63. The highest BCUT2D eigenvalue weighted by atomic mass is 16.5. The van der Waals surface area contributed by atoms with Gasteiger partial charge in [0.25, 0.3) is 0 Å². The van der Waals surface area contributed by atoms with E-state index in [0.717, 1.165) is 89.6 Å². The number of para-hydroxylation sites is 2. The molecule has 0 unspecified atom stereocenters. The fraction of sp³-hybridized carbons (Fsp3) is 0.0179. The van der Waals surface area contributed by atoms with Crippen molar-refractivity contribution in [3.63, 3.8) is 0 Å². The van der Waals surface area contributed by atoms with Gasteiger partial charge < -0.3 is 4.74 Å². The third-order valence-corrected chi connectivity index (χ3v) is 12.0. The maximum absolute atomic E-state index is 6.73. The van der Waals surface area contributed by atoms with Crippen molar-refractivity contribution in [1.29, 1.82) is 0 Å². The lowest BCUT2D eigenvalue weighted by molar-refractivity contribution is 0.436. The Morgan fingerprint density at radius 3 is 1.29 bits per heavy atom. The quantitative estimate of drug-likeness (QED) is 0.167. The summed E-state index contributed by atoms with van der Waals surface area (Å²) >= 11 is 0. The molecule has 290 valence electrons. The zero-order chi connectivity index (χ0) is 41.0. The average molecular weight is 794 g/mol. The molecule has 0 saturated heterocycles. The average Bonchev–Trinajstić information content (AvgIpc) is 3.65. The van der Waals surface area contributed by atoms with E-state index in [1.54, 1.807) is 0 Å². The van der Waals surface area contributed by atoms with Gasteiger partial charge in [0.05, 0.1) is 16.8 Å². The number of nitrogens with zero attached hydrogens (tertiary/aromatic N) is 5. The van der Waals surface area contributed by atoms with Crippen LogP contribution in [0.25, 0.3) is 79.2 Å². The van der Waals surface area contributed by atoms with Gasteiger partial charge in [0.2, 0.25) is 0 Å². The molecule has 0 fully saturated rings. The van der Waals surface area contributed by atoms with Crippen molar-refractivity contribution in [2.45, 2.75) is 5.41 Å². The highest BCUT2D eigenvalue weighted by Gasteiger charge is 2.52. The van der Waals surface area contributed by atoms with Crippen LogP contribution in [0.2, 0.25) is 0 Å². The van der Waals surface area contributed by atoms with Crippen LogP contribution >= 0.6 is 0 Å². The molecule has 6 heteroatoms. The zero-order valence-corrected chi connectivity index (χ0v) is 33.4. The molecule has 0 bridgehead atoms. The lowest BCUT2D eigenvalue weighted by atomic mass is 9.66. The summed E-state index contributed by atoms with van der Waals surface area (Å²) in [7, 11) is 0. The molecular formula is C56H35N5O. The van der Waals surface area contributed by atoms with Crippen molar-refractivity contribution < 1.29 is 4.74 Å². The molecule has 1 spiro atoms. The Bertz CT molecular complexity index is 3160. The molecule has 62 heavy (non-hydrogen) atoms. The Morgan fingerprint density at radius 2 is 0.742 bits per heavy atom. The number of hydrogen-bond donors (Lipinski definition) is 0. The molecule has 6 nitrogen and oxygen atoms in total. The SMILES string of the molecule is c1ccc(-c2cc(-c3ccccc3)nc(-c3ccc4c(c3)C3(c5ccccc5Oc5ccccc53)c3cccc(-c5nc(-c6ccccc6)nc(-c6ccccc6)n5)c3-4)n2)cc1. The van der Waals surface area contributed by atoms with Crippen molar-refractivity contribution in [3.05, 3.63) is 235 Å². The summed E-state index contributed by atoms with van der Waals surface area (Å²) in [4.78, 5) is 26.1. The third-order valence-electron chi connectivity index (χ3n) is 12.0. The minimum Gasteiger partial charge on any atom is -0.457 e. The first-order valence-corrected chi connectivity index (χ1v) is 20.8. The molecule has 2 aliphatic rings. The van der Waals surface area contributed by atoms with Crippen LogP contribution in [0.3, 0.4) is 0 Å². The minimum atomic E-state index is -0.765. The van der Waals surface area contributed by atoms with Gasteiger partial charge in [-0.2, -0.15) is 0 Å². The van der Waals surface area contributed by atoms with E-state index in [1.165, 1.54) is 0 Å². The van der Waals surface area contributed by atoms with E-state index >= 15 is 0 Å². The lowest BCUT2D eigenvalue weighted by Crippen LogP contribution is -2.32. The summed E-state index contributed by atoms with van der Waals surface area (Å²) in [6, 6.07) is 73.0. The van der Waals surface area contributed by atoms with E-state index < -0.39 is 5.41 Å². The molecule has 1 aliphatic carbocycles. The summed E-state index contributed by atoms with van der Waals surface area (Å²) in [5.74, 6) is 4.09. The first kappa shape index (κ1) is 35.6. The third kappa shape index (κ3) is 5.69. The molecule has 3 heterocycles. The molecule has 2 aromatic heterocycles. The van der Waals surface area contributed by atoms with Gasteiger partial charge in [0, 0.05) is 44.5 Å².